The van der Waals surface area contributed by atoms with Gasteiger partial charge in [0.1, 0.15) is 0 Å². The van der Waals surface area contributed by atoms with Crippen molar-refractivity contribution in [2.24, 2.45) is 5.92 Å². The standard InChI is InChI=1S/C10H15N3S2/c1-4-5-6-14-10-13-12-9(15-10)11-7-8(2)3/h8H,6-7H2,1-3H3,(H,11,12). The highest BCUT2D eigenvalue weighted by Crippen LogP contribution is 2.24. The minimum absolute atomic E-state index is 0.621. The van der Waals surface area contributed by atoms with E-state index in [-0.39, 0.29) is 0 Å². The van der Waals surface area contributed by atoms with Gasteiger partial charge in [0.05, 0.1) is 5.75 Å². The molecule has 0 bridgehead atoms. The molecule has 0 saturated carbocycles. The second kappa shape index (κ2) is 6.70. The van der Waals surface area contributed by atoms with E-state index >= 15 is 0 Å². The molecular weight excluding hydrogens is 226 g/mol. The van der Waals surface area contributed by atoms with Gasteiger partial charge in [0.15, 0.2) is 4.34 Å². The summed E-state index contributed by atoms with van der Waals surface area (Å²) >= 11 is 3.22. The van der Waals surface area contributed by atoms with E-state index in [0.717, 1.165) is 21.8 Å². The van der Waals surface area contributed by atoms with Gasteiger partial charge in [-0.1, -0.05) is 42.9 Å². The molecule has 0 saturated heterocycles. The molecule has 0 radical (unpaired) electrons. The van der Waals surface area contributed by atoms with Crippen molar-refractivity contribution in [1.82, 2.24) is 10.2 Å². The van der Waals surface area contributed by atoms with Crippen molar-refractivity contribution in [3.63, 3.8) is 0 Å². The fourth-order valence-electron chi connectivity index (χ4n) is 0.801. The van der Waals surface area contributed by atoms with Crippen LogP contribution in [0.4, 0.5) is 5.13 Å². The lowest BCUT2D eigenvalue weighted by Crippen LogP contribution is -2.07. The molecule has 0 aliphatic rings. The summed E-state index contributed by atoms with van der Waals surface area (Å²) in [5.41, 5.74) is 0. The summed E-state index contributed by atoms with van der Waals surface area (Å²) in [6, 6.07) is 0. The van der Waals surface area contributed by atoms with Crippen molar-refractivity contribution in [3.8, 4) is 11.8 Å². The van der Waals surface area contributed by atoms with E-state index in [9.17, 15) is 0 Å². The molecule has 1 N–H and O–H groups in total. The zero-order chi connectivity index (χ0) is 11.1. The highest BCUT2D eigenvalue weighted by molar-refractivity contribution is 8.01. The number of hydrogen-bond donors (Lipinski definition) is 1. The predicted octanol–water partition coefficient (Wildman–Crippen LogP) is 2.72. The van der Waals surface area contributed by atoms with Crippen LogP contribution in [0.1, 0.15) is 20.8 Å². The summed E-state index contributed by atoms with van der Waals surface area (Å²) in [7, 11) is 0. The van der Waals surface area contributed by atoms with Crippen molar-refractivity contribution in [2.45, 2.75) is 25.1 Å². The van der Waals surface area contributed by atoms with Crippen LogP contribution in [0, 0.1) is 17.8 Å². The van der Waals surface area contributed by atoms with Gasteiger partial charge in [-0.2, -0.15) is 0 Å². The van der Waals surface area contributed by atoms with Crippen LogP contribution in [0.2, 0.25) is 0 Å². The molecule has 3 nitrogen and oxygen atoms in total. The van der Waals surface area contributed by atoms with Crippen LogP contribution in [0.5, 0.6) is 0 Å². The Bertz CT molecular complexity index is 349. The topological polar surface area (TPSA) is 37.8 Å². The van der Waals surface area contributed by atoms with Crippen LogP contribution >= 0.6 is 23.1 Å². The molecule has 0 spiro atoms. The van der Waals surface area contributed by atoms with Crippen LogP contribution in [0.15, 0.2) is 4.34 Å². The molecule has 0 aliphatic carbocycles. The molecule has 0 atom stereocenters. The molecule has 5 heteroatoms. The third-order valence-corrected chi connectivity index (χ3v) is 3.41. The third kappa shape index (κ3) is 5.05. The van der Waals surface area contributed by atoms with Crippen LogP contribution in [0.25, 0.3) is 0 Å². The van der Waals surface area contributed by atoms with Gasteiger partial charge in [0, 0.05) is 6.54 Å². The van der Waals surface area contributed by atoms with E-state index in [0.29, 0.717) is 5.92 Å². The molecule has 1 aromatic heterocycles. The van der Waals surface area contributed by atoms with Crippen molar-refractivity contribution in [3.05, 3.63) is 0 Å². The zero-order valence-corrected chi connectivity index (χ0v) is 10.8. The van der Waals surface area contributed by atoms with Crippen molar-refractivity contribution < 1.29 is 0 Å². The van der Waals surface area contributed by atoms with Gasteiger partial charge in [-0.15, -0.1) is 16.1 Å². The predicted molar refractivity (Wildman–Crippen MR) is 67.4 cm³/mol. The molecule has 1 rings (SSSR count). The molecule has 0 amide bonds. The van der Waals surface area contributed by atoms with Gasteiger partial charge in [0.25, 0.3) is 0 Å². The normalized spacial score (nSPS) is 9.87. The highest BCUT2D eigenvalue weighted by Gasteiger charge is 2.03. The highest BCUT2D eigenvalue weighted by atomic mass is 32.2. The smallest absolute Gasteiger partial charge is 0.206 e. The Morgan fingerprint density at radius 2 is 2.27 bits per heavy atom. The van der Waals surface area contributed by atoms with Crippen molar-refractivity contribution >= 4 is 28.2 Å². The van der Waals surface area contributed by atoms with Gasteiger partial charge in [-0.25, -0.2) is 0 Å². The number of thioether (sulfide) groups is 1. The van der Waals surface area contributed by atoms with E-state index in [2.05, 4.69) is 41.2 Å². The minimum atomic E-state index is 0.621. The van der Waals surface area contributed by atoms with E-state index in [1.54, 1.807) is 23.1 Å². The fourth-order valence-corrected chi connectivity index (χ4v) is 2.37. The molecule has 82 valence electrons. The largest absolute Gasteiger partial charge is 0.360 e. The average Bonchev–Trinajstić information content (AvgIpc) is 2.63. The number of aromatic nitrogens is 2. The lowest BCUT2D eigenvalue weighted by atomic mass is 10.2. The zero-order valence-electron chi connectivity index (χ0n) is 9.20. The molecule has 1 aromatic rings. The second-order valence-corrected chi connectivity index (χ2v) is 5.56. The Labute approximate surface area is 99.1 Å². The summed E-state index contributed by atoms with van der Waals surface area (Å²) in [6.45, 7) is 7.12. The fraction of sp³-hybridized carbons (Fsp3) is 0.600. The molecule has 15 heavy (non-hydrogen) atoms. The Balaban J connectivity index is 2.37. The Kier molecular flexibility index (Phi) is 5.51. The molecule has 0 aromatic carbocycles. The first-order chi connectivity index (χ1) is 7.22. The van der Waals surface area contributed by atoms with Crippen molar-refractivity contribution in [1.29, 1.82) is 0 Å². The minimum Gasteiger partial charge on any atom is -0.360 e. The van der Waals surface area contributed by atoms with Crippen LogP contribution in [0.3, 0.4) is 0 Å². The van der Waals surface area contributed by atoms with Gasteiger partial charge < -0.3 is 5.32 Å². The van der Waals surface area contributed by atoms with E-state index in [1.807, 2.05) is 6.92 Å². The first-order valence-electron chi connectivity index (χ1n) is 4.82. The molecule has 0 aliphatic heterocycles. The van der Waals surface area contributed by atoms with Gasteiger partial charge in [-0.3, -0.25) is 0 Å². The number of nitrogens with zero attached hydrogens (tertiary/aromatic N) is 2. The van der Waals surface area contributed by atoms with E-state index < -0.39 is 0 Å². The number of hydrogen-bond acceptors (Lipinski definition) is 5. The molecule has 1 heterocycles. The lowest BCUT2D eigenvalue weighted by Gasteiger charge is -2.03. The van der Waals surface area contributed by atoms with Crippen LogP contribution in [-0.2, 0) is 0 Å². The maximum atomic E-state index is 4.07. The SMILES string of the molecule is CC#CCSc1nnc(NCC(C)C)s1. The Hall–Kier alpha value is -0.730. The van der Waals surface area contributed by atoms with Crippen LogP contribution < -0.4 is 5.32 Å². The van der Waals surface area contributed by atoms with Gasteiger partial charge >= 0.3 is 0 Å². The maximum Gasteiger partial charge on any atom is 0.206 e. The maximum absolute atomic E-state index is 4.07. The monoisotopic (exact) mass is 241 g/mol. The van der Waals surface area contributed by atoms with E-state index in [1.165, 1.54) is 0 Å². The first kappa shape index (κ1) is 12.3. The lowest BCUT2D eigenvalue weighted by molar-refractivity contribution is 0.687. The van der Waals surface area contributed by atoms with Gasteiger partial charge in [-0.05, 0) is 12.8 Å². The van der Waals surface area contributed by atoms with E-state index in [4.69, 9.17) is 0 Å². The Morgan fingerprint density at radius 3 is 2.93 bits per heavy atom. The number of nitrogens with one attached hydrogen (secondary N) is 1. The van der Waals surface area contributed by atoms with Crippen LogP contribution in [-0.4, -0.2) is 22.5 Å². The number of rotatable bonds is 5. The molecular formula is C10H15N3S2. The first-order valence-corrected chi connectivity index (χ1v) is 6.62. The number of anilines is 1. The third-order valence-electron chi connectivity index (χ3n) is 1.51. The quantitative estimate of drug-likeness (QED) is 0.635. The second-order valence-electron chi connectivity index (χ2n) is 3.36. The summed E-state index contributed by atoms with van der Waals surface area (Å²) in [6.07, 6.45) is 0. The molecule has 0 unspecified atom stereocenters. The average molecular weight is 241 g/mol. The summed E-state index contributed by atoms with van der Waals surface area (Å²) < 4.78 is 0.976. The van der Waals surface area contributed by atoms with Crippen molar-refractivity contribution in [2.75, 3.05) is 17.6 Å². The van der Waals surface area contributed by atoms with Gasteiger partial charge in [0.2, 0.25) is 5.13 Å². The molecule has 0 fully saturated rings. The summed E-state index contributed by atoms with van der Waals surface area (Å²) in [5.74, 6) is 7.25. The summed E-state index contributed by atoms with van der Waals surface area (Å²) in [5, 5.41) is 12.3. The summed E-state index contributed by atoms with van der Waals surface area (Å²) in [4.78, 5) is 0. The Morgan fingerprint density at radius 1 is 1.47 bits per heavy atom.